The molecule has 0 fully saturated rings. The van der Waals surface area contributed by atoms with Gasteiger partial charge in [-0.2, -0.15) is 13.2 Å². The summed E-state index contributed by atoms with van der Waals surface area (Å²) in [4.78, 5) is 15.9. The van der Waals surface area contributed by atoms with Crippen molar-refractivity contribution >= 4 is 5.91 Å². The van der Waals surface area contributed by atoms with E-state index in [-0.39, 0.29) is 11.4 Å². The summed E-state index contributed by atoms with van der Waals surface area (Å²) < 4.78 is 41.4. The molecule has 2 heterocycles. The van der Waals surface area contributed by atoms with Crippen molar-refractivity contribution in [2.24, 2.45) is 0 Å². The molecule has 146 valence electrons. The quantitative estimate of drug-likeness (QED) is 0.673. The fourth-order valence-electron chi connectivity index (χ4n) is 2.68. The molecule has 0 saturated carbocycles. The van der Waals surface area contributed by atoms with Crippen LogP contribution in [0, 0.1) is 0 Å². The van der Waals surface area contributed by atoms with Crippen LogP contribution in [-0.4, -0.2) is 32.1 Å². The molecule has 1 N–H and O–H groups in total. The normalized spacial score (nSPS) is 12.5. The van der Waals surface area contributed by atoms with Gasteiger partial charge in [0.1, 0.15) is 0 Å². The number of pyridine rings is 1. The Kier molecular flexibility index (Phi) is 6.03. The van der Waals surface area contributed by atoms with Crippen LogP contribution in [0.3, 0.4) is 0 Å². The summed E-state index contributed by atoms with van der Waals surface area (Å²) in [5.74, 6) is -0.956. The molecular formula is C19H18F3N5O. The first-order valence-electron chi connectivity index (χ1n) is 8.66. The zero-order valence-electron chi connectivity index (χ0n) is 14.8. The molecule has 1 atom stereocenters. The lowest BCUT2D eigenvalue weighted by atomic mass is 10.1. The van der Waals surface area contributed by atoms with E-state index in [4.69, 9.17) is 0 Å². The van der Waals surface area contributed by atoms with Crippen LogP contribution in [0.2, 0.25) is 0 Å². The summed E-state index contributed by atoms with van der Waals surface area (Å²) >= 11 is 0. The maximum atomic E-state index is 13.3. The van der Waals surface area contributed by atoms with Crippen LogP contribution < -0.4 is 5.32 Å². The minimum atomic E-state index is -4.68. The minimum Gasteiger partial charge on any atom is -0.334 e. The summed E-state index contributed by atoms with van der Waals surface area (Å²) in [7, 11) is 0. The maximum absolute atomic E-state index is 13.3. The van der Waals surface area contributed by atoms with Crippen molar-refractivity contribution < 1.29 is 18.0 Å². The highest BCUT2D eigenvalue weighted by Gasteiger charge is 2.43. The molecule has 3 aromatic rings. The van der Waals surface area contributed by atoms with Crippen LogP contribution in [0.25, 0.3) is 0 Å². The van der Waals surface area contributed by atoms with Crippen LogP contribution in [0.5, 0.6) is 0 Å². The Balaban J connectivity index is 1.61. The predicted octanol–water partition coefficient (Wildman–Crippen LogP) is 3.34. The number of nitrogens with zero attached hydrogens (tertiary/aromatic N) is 4. The largest absolute Gasteiger partial charge is 0.414 e. The number of amides is 1. The Bertz CT molecular complexity index is 897. The van der Waals surface area contributed by atoms with Gasteiger partial charge in [-0.15, -0.1) is 5.10 Å². The van der Waals surface area contributed by atoms with Crippen LogP contribution in [0.4, 0.5) is 13.2 Å². The molecule has 3 rings (SSSR count). The number of carbonyl (C=O) groups excluding carboxylic acids is 1. The number of aromatic nitrogens is 4. The van der Waals surface area contributed by atoms with Gasteiger partial charge >= 0.3 is 6.18 Å². The van der Waals surface area contributed by atoms with Crippen molar-refractivity contribution in [1.82, 2.24) is 25.3 Å². The second-order valence-corrected chi connectivity index (χ2v) is 6.16. The third-order valence-electron chi connectivity index (χ3n) is 4.05. The number of rotatable bonds is 7. The van der Waals surface area contributed by atoms with Crippen molar-refractivity contribution in [1.29, 1.82) is 0 Å². The van der Waals surface area contributed by atoms with E-state index < -0.39 is 18.1 Å². The van der Waals surface area contributed by atoms with E-state index in [0.717, 1.165) is 12.8 Å². The highest BCUT2D eigenvalue weighted by Crippen LogP contribution is 2.31. The van der Waals surface area contributed by atoms with Crippen LogP contribution >= 0.6 is 0 Å². The first-order chi connectivity index (χ1) is 13.4. The lowest BCUT2D eigenvalue weighted by Crippen LogP contribution is -2.38. The van der Waals surface area contributed by atoms with Gasteiger partial charge in [0.25, 0.3) is 5.91 Å². The fourth-order valence-corrected chi connectivity index (χ4v) is 2.68. The van der Waals surface area contributed by atoms with E-state index in [0.29, 0.717) is 6.54 Å². The average molecular weight is 389 g/mol. The number of aryl methyl sites for hydroxylation is 2. The van der Waals surface area contributed by atoms with E-state index in [1.807, 2.05) is 35.6 Å². The molecule has 0 aliphatic heterocycles. The summed E-state index contributed by atoms with van der Waals surface area (Å²) in [5.41, 5.74) is 0.701. The van der Waals surface area contributed by atoms with E-state index in [1.54, 1.807) is 0 Å². The first kappa shape index (κ1) is 19.5. The molecule has 0 bridgehead atoms. The Hall–Kier alpha value is -3.23. The predicted molar refractivity (Wildman–Crippen MR) is 95.3 cm³/mol. The third-order valence-corrected chi connectivity index (χ3v) is 4.05. The van der Waals surface area contributed by atoms with Gasteiger partial charge in [-0.25, -0.2) is 0 Å². The zero-order valence-corrected chi connectivity index (χ0v) is 14.8. The number of nitrogens with one attached hydrogen (secondary N) is 1. The summed E-state index contributed by atoms with van der Waals surface area (Å²) in [6, 6.07) is 11.8. The summed E-state index contributed by atoms with van der Waals surface area (Å²) in [6.45, 7) is 0.498. The van der Waals surface area contributed by atoms with E-state index in [2.05, 4.69) is 15.3 Å². The van der Waals surface area contributed by atoms with Crippen LogP contribution in [-0.2, 0) is 13.0 Å². The number of benzene rings is 1. The van der Waals surface area contributed by atoms with Gasteiger partial charge in [0.2, 0.25) is 0 Å². The number of hydrogen-bond acceptors (Lipinski definition) is 4. The molecule has 0 spiro atoms. The summed E-state index contributed by atoms with van der Waals surface area (Å²) in [6.07, 6.45) is -0.531. The van der Waals surface area contributed by atoms with Crippen molar-refractivity contribution in [2.45, 2.75) is 31.6 Å². The summed E-state index contributed by atoms with van der Waals surface area (Å²) in [5, 5.41) is 9.45. The van der Waals surface area contributed by atoms with Crippen LogP contribution in [0.1, 0.15) is 34.2 Å². The van der Waals surface area contributed by atoms with E-state index >= 15 is 0 Å². The molecule has 28 heavy (non-hydrogen) atoms. The Labute approximate surface area is 159 Å². The van der Waals surface area contributed by atoms with Gasteiger partial charge in [0.05, 0.1) is 11.9 Å². The smallest absolute Gasteiger partial charge is 0.334 e. The number of carbonyl (C=O) groups is 1. The van der Waals surface area contributed by atoms with Gasteiger partial charge in [0.15, 0.2) is 11.7 Å². The molecule has 0 unspecified atom stereocenters. The van der Waals surface area contributed by atoms with Gasteiger partial charge in [-0.05, 0) is 30.5 Å². The molecule has 0 aliphatic carbocycles. The lowest BCUT2D eigenvalue weighted by molar-refractivity contribution is -0.156. The molecular weight excluding hydrogens is 371 g/mol. The second kappa shape index (κ2) is 8.64. The molecule has 6 nitrogen and oxygen atoms in total. The highest BCUT2D eigenvalue weighted by molar-refractivity contribution is 5.92. The molecule has 0 aliphatic rings. The van der Waals surface area contributed by atoms with Crippen LogP contribution in [0.15, 0.2) is 60.9 Å². The molecule has 0 saturated heterocycles. The number of alkyl halides is 3. The lowest BCUT2D eigenvalue weighted by Gasteiger charge is -2.20. The van der Waals surface area contributed by atoms with E-state index in [9.17, 15) is 18.0 Å². The fraction of sp³-hybridized carbons (Fsp3) is 0.263. The van der Waals surface area contributed by atoms with Gasteiger partial charge < -0.3 is 5.32 Å². The van der Waals surface area contributed by atoms with Crippen molar-refractivity contribution in [2.75, 3.05) is 0 Å². The maximum Gasteiger partial charge on any atom is 0.414 e. The van der Waals surface area contributed by atoms with Gasteiger partial charge in [-0.3, -0.25) is 14.5 Å². The molecule has 1 aromatic carbocycles. The monoisotopic (exact) mass is 389 g/mol. The molecule has 1 amide bonds. The first-order valence-corrected chi connectivity index (χ1v) is 8.66. The highest BCUT2D eigenvalue weighted by atomic mass is 19.4. The molecule has 2 aromatic heterocycles. The number of halogens is 3. The topological polar surface area (TPSA) is 72.7 Å². The minimum absolute atomic E-state index is 0.176. The third kappa shape index (κ3) is 5.15. The van der Waals surface area contributed by atoms with Gasteiger partial charge in [0, 0.05) is 12.7 Å². The molecule has 9 heteroatoms. The van der Waals surface area contributed by atoms with E-state index in [1.165, 1.54) is 40.8 Å². The molecule has 0 radical (unpaired) electrons. The Morgan fingerprint density at radius 2 is 1.86 bits per heavy atom. The number of hydrogen-bond donors (Lipinski definition) is 1. The Morgan fingerprint density at radius 3 is 2.54 bits per heavy atom. The zero-order chi connectivity index (χ0) is 20.0. The average Bonchev–Trinajstić information content (AvgIpc) is 3.16. The van der Waals surface area contributed by atoms with Gasteiger partial charge in [-0.1, -0.05) is 41.6 Å². The van der Waals surface area contributed by atoms with Crippen molar-refractivity contribution in [3.05, 3.63) is 77.9 Å². The second-order valence-electron chi connectivity index (χ2n) is 6.16. The Morgan fingerprint density at radius 1 is 1.11 bits per heavy atom. The van der Waals surface area contributed by atoms with Crippen molar-refractivity contribution in [3.8, 4) is 0 Å². The SMILES string of the molecule is O=C(N[C@H](c1ccccn1)C(F)(F)F)c1cn(CCCc2ccccc2)nn1. The van der Waals surface area contributed by atoms with Crippen molar-refractivity contribution in [3.63, 3.8) is 0 Å². The standard InChI is InChI=1S/C19H18F3N5O/c20-19(21,22)17(15-10-4-5-11-23-15)24-18(28)16-13-27(26-25-16)12-6-9-14-7-2-1-3-8-14/h1-5,7-8,10-11,13,17H,6,9,12H2,(H,24,28)/t17-/m1/s1.